The number of nitrogens with zero attached hydrogens (tertiary/aromatic N) is 2. The molecule has 0 aliphatic carbocycles. The molecule has 3 nitrogen and oxygen atoms in total. The first-order valence-electron chi connectivity index (χ1n) is 6.02. The van der Waals surface area contributed by atoms with E-state index in [2.05, 4.69) is 29.8 Å². The van der Waals surface area contributed by atoms with Crippen LogP contribution in [-0.4, -0.2) is 28.5 Å². The maximum atomic E-state index is 5.87. The Labute approximate surface area is 97.7 Å². The fraction of sp³-hybridized carbons (Fsp3) is 0.615. The van der Waals surface area contributed by atoms with E-state index in [0.717, 1.165) is 6.54 Å². The van der Waals surface area contributed by atoms with Gasteiger partial charge < -0.3 is 5.73 Å². The quantitative estimate of drug-likeness (QED) is 0.845. The molecule has 0 saturated carbocycles. The van der Waals surface area contributed by atoms with Crippen LogP contribution in [0.2, 0.25) is 0 Å². The number of hydrogen-bond acceptors (Lipinski definition) is 3. The largest absolute Gasteiger partial charge is 0.329 e. The lowest BCUT2D eigenvalue weighted by Gasteiger charge is -2.39. The summed E-state index contributed by atoms with van der Waals surface area (Å²) in [4.78, 5) is 6.73. The van der Waals surface area contributed by atoms with Gasteiger partial charge in [-0.05, 0) is 44.9 Å². The zero-order valence-corrected chi connectivity index (χ0v) is 10.2. The highest BCUT2D eigenvalue weighted by atomic mass is 15.2. The summed E-state index contributed by atoms with van der Waals surface area (Å²) in [5.74, 6) is 0. The number of likely N-dealkylation sites (tertiary alicyclic amines) is 1. The first-order valence-corrected chi connectivity index (χ1v) is 6.02. The first kappa shape index (κ1) is 11.6. The SMILES string of the molecule is CC(C)(CN)N1CCCC1c1cccnc1. The van der Waals surface area contributed by atoms with Crippen LogP contribution in [0.1, 0.15) is 38.3 Å². The van der Waals surface area contributed by atoms with Gasteiger partial charge >= 0.3 is 0 Å². The molecule has 1 fully saturated rings. The summed E-state index contributed by atoms with van der Waals surface area (Å²) >= 11 is 0. The number of hydrogen-bond donors (Lipinski definition) is 1. The fourth-order valence-electron chi connectivity index (χ4n) is 2.53. The van der Waals surface area contributed by atoms with Crippen LogP contribution in [0.5, 0.6) is 0 Å². The van der Waals surface area contributed by atoms with Crippen molar-refractivity contribution in [2.24, 2.45) is 5.73 Å². The minimum Gasteiger partial charge on any atom is -0.329 e. The van der Waals surface area contributed by atoms with Gasteiger partial charge in [0.15, 0.2) is 0 Å². The minimum atomic E-state index is 0.0804. The first-order chi connectivity index (χ1) is 7.65. The lowest BCUT2D eigenvalue weighted by molar-refractivity contribution is 0.112. The van der Waals surface area contributed by atoms with Gasteiger partial charge in [0, 0.05) is 30.5 Å². The van der Waals surface area contributed by atoms with E-state index in [4.69, 9.17) is 5.73 Å². The highest BCUT2D eigenvalue weighted by molar-refractivity contribution is 5.16. The van der Waals surface area contributed by atoms with Crippen molar-refractivity contribution in [3.63, 3.8) is 0 Å². The van der Waals surface area contributed by atoms with Crippen LogP contribution < -0.4 is 5.73 Å². The summed E-state index contributed by atoms with van der Waals surface area (Å²) in [6.45, 7) is 6.29. The predicted octanol–water partition coefficient (Wildman–Crippen LogP) is 1.96. The van der Waals surface area contributed by atoms with Gasteiger partial charge in [-0.3, -0.25) is 9.88 Å². The molecule has 2 N–H and O–H groups in total. The van der Waals surface area contributed by atoms with Crippen molar-refractivity contribution in [3.05, 3.63) is 30.1 Å². The van der Waals surface area contributed by atoms with Crippen LogP contribution >= 0.6 is 0 Å². The topological polar surface area (TPSA) is 42.1 Å². The van der Waals surface area contributed by atoms with Crippen LogP contribution in [0.25, 0.3) is 0 Å². The summed E-state index contributed by atoms with van der Waals surface area (Å²) in [6, 6.07) is 4.68. The predicted molar refractivity (Wildman–Crippen MR) is 66.1 cm³/mol. The molecule has 1 saturated heterocycles. The second-order valence-corrected chi connectivity index (χ2v) is 5.15. The van der Waals surface area contributed by atoms with Gasteiger partial charge in [0.1, 0.15) is 0 Å². The summed E-state index contributed by atoms with van der Waals surface area (Å²) < 4.78 is 0. The molecule has 88 valence electrons. The van der Waals surface area contributed by atoms with Crippen molar-refractivity contribution in [3.8, 4) is 0 Å². The van der Waals surface area contributed by atoms with Crippen LogP contribution in [0.4, 0.5) is 0 Å². The minimum absolute atomic E-state index is 0.0804. The molecule has 1 atom stereocenters. The van der Waals surface area contributed by atoms with Crippen molar-refractivity contribution in [1.29, 1.82) is 0 Å². The Morgan fingerprint density at radius 3 is 3.00 bits per heavy atom. The zero-order valence-electron chi connectivity index (χ0n) is 10.2. The van der Waals surface area contributed by atoms with Crippen LogP contribution in [-0.2, 0) is 0 Å². The van der Waals surface area contributed by atoms with E-state index in [9.17, 15) is 0 Å². The fourth-order valence-corrected chi connectivity index (χ4v) is 2.53. The molecule has 1 aliphatic rings. The standard InChI is InChI=1S/C13H21N3/c1-13(2,10-14)16-8-4-6-12(16)11-5-3-7-15-9-11/h3,5,7,9,12H,4,6,8,10,14H2,1-2H3. The molecule has 3 heteroatoms. The molecule has 2 rings (SSSR count). The molecule has 1 aromatic rings. The van der Waals surface area contributed by atoms with Crippen LogP contribution in [0, 0.1) is 0 Å². The van der Waals surface area contributed by atoms with Crippen LogP contribution in [0.3, 0.4) is 0 Å². The molecule has 16 heavy (non-hydrogen) atoms. The molecule has 0 radical (unpaired) electrons. The molecular weight excluding hydrogens is 198 g/mol. The molecule has 1 aliphatic heterocycles. The maximum Gasteiger partial charge on any atom is 0.0369 e. The van der Waals surface area contributed by atoms with Crippen molar-refractivity contribution >= 4 is 0 Å². The summed E-state index contributed by atoms with van der Waals surface area (Å²) in [6.07, 6.45) is 6.28. The lowest BCUT2D eigenvalue weighted by atomic mass is 9.99. The van der Waals surface area contributed by atoms with E-state index in [1.807, 2.05) is 18.5 Å². The molecule has 0 amide bonds. The highest BCUT2D eigenvalue weighted by Gasteiger charge is 2.35. The third-order valence-electron chi connectivity index (χ3n) is 3.60. The van der Waals surface area contributed by atoms with Crippen LogP contribution in [0.15, 0.2) is 24.5 Å². The van der Waals surface area contributed by atoms with Gasteiger partial charge in [-0.15, -0.1) is 0 Å². The van der Waals surface area contributed by atoms with Gasteiger partial charge in [0.25, 0.3) is 0 Å². The number of aromatic nitrogens is 1. The second-order valence-electron chi connectivity index (χ2n) is 5.15. The molecule has 1 aromatic heterocycles. The van der Waals surface area contributed by atoms with E-state index in [1.54, 1.807) is 0 Å². The molecule has 0 aromatic carbocycles. The Hall–Kier alpha value is -0.930. The Kier molecular flexibility index (Phi) is 3.26. The lowest BCUT2D eigenvalue weighted by Crippen LogP contribution is -2.48. The summed E-state index contributed by atoms with van der Waals surface area (Å²) in [5, 5.41) is 0. The third kappa shape index (κ3) is 2.11. The van der Waals surface area contributed by atoms with Gasteiger partial charge in [-0.1, -0.05) is 6.07 Å². The monoisotopic (exact) mass is 219 g/mol. The average molecular weight is 219 g/mol. The van der Waals surface area contributed by atoms with E-state index in [-0.39, 0.29) is 5.54 Å². The number of nitrogens with two attached hydrogens (primary N) is 1. The van der Waals surface area contributed by atoms with Crippen molar-refractivity contribution in [2.75, 3.05) is 13.1 Å². The van der Waals surface area contributed by atoms with E-state index >= 15 is 0 Å². The third-order valence-corrected chi connectivity index (χ3v) is 3.60. The van der Waals surface area contributed by atoms with E-state index in [0.29, 0.717) is 12.6 Å². The van der Waals surface area contributed by atoms with Crippen molar-refractivity contribution in [2.45, 2.75) is 38.3 Å². The highest BCUT2D eigenvalue weighted by Crippen LogP contribution is 2.36. The Bertz CT molecular complexity index is 334. The second kappa shape index (κ2) is 4.52. The molecule has 0 spiro atoms. The smallest absolute Gasteiger partial charge is 0.0369 e. The average Bonchev–Trinajstić information content (AvgIpc) is 2.80. The van der Waals surface area contributed by atoms with Crippen molar-refractivity contribution in [1.82, 2.24) is 9.88 Å². The number of rotatable bonds is 3. The molecule has 2 heterocycles. The van der Waals surface area contributed by atoms with Gasteiger partial charge in [-0.2, -0.15) is 0 Å². The Morgan fingerprint density at radius 2 is 2.38 bits per heavy atom. The number of pyridine rings is 1. The molecule has 0 bridgehead atoms. The van der Waals surface area contributed by atoms with Gasteiger partial charge in [0.2, 0.25) is 0 Å². The van der Waals surface area contributed by atoms with Crippen molar-refractivity contribution < 1.29 is 0 Å². The Morgan fingerprint density at radius 1 is 1.56 bits per heavy atom. The Balaban J connectivity index is 2.22. The molecule has 1 unspecified atom stereocenters. The van der Waals surface area contributed by atoms with E-state index < -0.39 is 0 Å². The maximum absolute atomic E-state index is 5.87. The van der Waals surface area contributed by atoms with Gasteiger partial charge in [0.05, 0.1) is 0 Å². The molecular formula is C13H21N3. The van der Waals surface area contributed by atoms with E-state index in [1.165, 1.54) is 18.4 Å². The summed E-state index contributed by atoms with van der Waals surface area (Å²) in [5.41, 5.74) is 7.27. The normalized spacial score (nSPS) is 22.6. The summed E-state index contributed by atoms with van der Waals surface area (Å²) in [7, 11) is 0. The van der Waals surface area contributed by atoms with Gasteiger partial charge in [-0.25, -0.2) is 0 Å². The zero-order chi connectivity index (χ0) is 11.6.